The van der Waals surface area contributed by atoms with Crippen molar-refractivity contribution in [3.8, 4) is 22.6 Å². The summed E-state index contributed by atoms with van der Waals surface area (Å²) >= 11 is 1.63. The Bertz CT molecular complexity index is 1370. The molecule has 152 valence electrons. The Hall–Kier alpha value is -3.27. The van der Waals surface area contributed by atoms with Crippen molar-refractivity contribution in [1.29, 1.82) is 0 Å². The molecular formula is C21H19N5O3S. The lowest BCUT2D eigenvalue weighted by Crippen LogP contribution is -2.20. The third kappa shape index (κ3) is 3.04. The molecule has 0 aliphatic heterocycles. The zero-order chi connectivity index (χ0) is 20.8. The number of hydrogen-bond donors (Lipinski definition) is 3. The van der Waals surface area contributed by atoms with Gasteiger partial charge in [-0.2, -0.15) is 5.10 Å². The van der Waals surface area contributed by atoms with Crippen LogP contribution in [0.4, 0.5) is 5.69 Å². The standard InChI is InChI=1S/C21H19N5O3S/c1-11-15(8-26(25-11)7-12(28)9-27)20-13-4-18(29-21(13)17(22)6-24-20)16-10-30-19-2-3-23-5-14(16)19/h2-6,8,10,12,27-28H,7,9,22H2,1H3. The Kier molecular flexibility index (Phi) is 4.50. The first-order valence-corrected chi connectivity index (χ1v) is 10.3. The zero-order valence-electron chi connectivity index (χ0n) is 16.1. The van der Waals surface area contributed by atoms with Crippen LogP contribution < -0.4 is 5.73 Å². The lowest BCUT2D eigenvalue weighted by atomic mass is 10.1. The number of nitrogen functional groups attached to an aromatic ring is 1. The fraction of sp³-hybridized carbons (Fsp3) is 0.190. The molecule has 0 spiro atoms. The van der Waals surface area contributed by atoms with E-state index < -0.39 is 6.10 Å². The van der Waals surface area contributed by atoms with Crippen molar-refractivity contribution >= 4 is 38.1 Å². The van der Waals surface area contributed by atoms with Crippen LogP contribution in [0.2, 0.25) is 0 Å². The van der Waals surface area contributed by atoms with E-state index in [0.717, 1.165) is 32.3 Å². The van der Waals surface area contributed by atoms with E-state index in [1.165, 1.54) is 0 Å². The highest BCUT2D eigenvalue weighted by Gasteiger charge is 2.20. The number of nitrogens with zero attached hydrogens (tertiary/aromatic N) is 4. The molecule has 5 rings (SSSR count). The molecule has 0 aliphatic carbocycles. The monoisotopic (exact) mass is 421 g/mol. The number of pyridine rings is 2. The second-order valence-electron chi connectivity index (χ2n) is 7.12. The van der Waals surface area contributed by atoms with Crippen molar-refractivity contribution in [2.24, 2.45) is 0 Å². The number of thiophene rings is 1. The number of aryl methyl sites for hydroxylation is 1. The molecule has 0 aliphatic rings. The third-order valence-corrected chi connectivity index (χ3v) is 6.00. The van der Waals surface area contributed by atoms with Gasteiger partial charge in [-0.05, 0) is 19.1 Å². The van der Waals surface area contributed by atoms with Crippen molar-refractivity contribution in [2.75, 3.05) is 12.3 Å². The molecule has 0 fully saturated rings. The smallest absolute Gasteiger partial charge is 0.161 e. The van der Waals surface area contributed by atoms with Gasteiger partial charge < -0.3 is 20.4 Å². The maximum absolute atomic E-state index is 9.72. The van der Waals surface area contributed by atoms with Gasteiger partial charge in [0.25, 0.3) is 0 Å². The molecule has 5 aromatic rings. The Morgan fingerprint density at radius 1 is 1.27 bits per heavy atom. The summed E-state index contributed by atoms with van der Waals surface area (Å²) < 4.78 is 8.89. The summed E-state index contributed by atoms with van der Waals surface area (Å²) in [5.74, 6) is 0.700. The van der Waals surface area contributed by atoms with Crippen LogP contribution in [0.15, 0.2) is 46.7 Å². The number of aliphatic hydroxyl groups is 2. The third-order valence-electron chi connectivity index (χ3n) is 5.03. The molecule has 8 nitrogen and oxygen atoms in total. The van der Waals surface area contributed by atoms with Crippen LogP contribution in [0.3, 0.4) is 0 Å². The SMILES string of the molecule is Cc1nn(CC(O)CO)cc1-c1ncc(N)c2oc(-c3csc4ccncc34)cc12. The molecule has 0 aromatic carbocycles. The molecule has 5 heterocycles. The van der Waals surface area contributed by atoms with Crippen LogP contribution in [0.5, 0.6) is 0 Å². The number of aromatic nitrogens is 4. The van der Waals surface area contributed by atoms with Gasteiger partial charge in [-0.3, -0.25) is 14.6 Å². The molecule has 4 N–H and O–H groups in total. The molecule has 0 bridgehead atoms. The summed E-state index contributed by atoms with van der Waals surface area (Å²) in [7, 11) is 0. The van der Waals surface area contributed by atoms with Gasteiger partial charge in [-0.15, -0.1) is 11.3 Å². The van der Waals surface area contributed by atoms with Crippen molar-refractivity contribution in [2.45, 2.75) is 19.6 Å². The van der Waals surface area contributed by atoms with Crippen LogP contribution in [0.25, 0.3) is 43.6 Å². The maximum Gasteiger partial charge on any atom is 0.161 e. The normalized spacial score (nSPS) is 12.8. The number of aliphatic hydroxyl groups excluding tert-OH is 2. The summed E-state index contributed by atoms with van der Waals surface area (Å²) in [6.07, 6.45) is 6.12. The summed E-state index contributed by atoms with van der Waals surface area (Å²) in [5, 5.41) is 27.1. The van der Waals surface area contributed by atoms with Gasteiger partial charge in [-0.25, -0.2) is 0 Å². The van der Waals surface area contributed by atoms with Crippen LogP contribution in [-0.4, -0.2) is 42.7 Å². The highest BCUT2D eigenvalue weighted by molar-refractivity contribution is 7.17. The van der Waals surface area contributed by atoms with Crippen LogP contribution in [-0.2, 0) is 6.54 Å². The molecule has 5 aromatic heterocycles. The Labute approximate surface area is 175 Å². The van der Waals surface area contributed by atoms with Gasteiger partial charge in [-0.1, -0.05) is 0 Å². The number of furan rings is 1. The Morgan fingerprint density at radius 3 is 2.97 bits per heavy atom. The van der Waals surface area contributed by atoms with Gasteiger partial charge in [0.15, 0.2) is 5.58 Å². The van der Waals surface area contributed by atoms with E-state index in [9.17, 15) is 5.11 Å². The number of anilines is 1. The van der Waals surface area contributed by atoms with E-state index in [0.29, 0.717) is 22.7 Å². The van der Waals surface area contributed by atoms with E-state index in [1.807, 2.05) is 36.8 Å². The Morgan fingerprint density at radius 2 is 2.13 bits per heavy atom. The lowest BCUT2D eigenvalue weighted by Gasteiger charge is -2.06. The summed E-state index contributed by atoms with van der Waals surface area (Å²) in [6, 6.07) is 3.92. The van der Waals surface area contributed by atoms with Crippen LogP contribution in [0, 0.1) is 6.92 Å². The zero-order valence-corrected chi connectivity index (χ0v) is 16.9. The first kappa shape index (κ1) is 18.7. The highest BCUT2D eigenvalue weighted by atomic mass is 32.1. The van der Waals surface area contributed by atoms with E-state index in [-0.39, 0.29) is 13.2 Å². The predicted octanol–water partition coefficient (Wildman–Crippen LogP) is 3.21. The summed E-state index contributed by atoms with van der Waals surface area (Å²) in [5.41, 5.74) is 10.4. The van der Waals surface area contributed by atoms with Crippen molar-refractivity contribution in [1.82, 2.24) is 19.7 Å². The minimum Gasteiger partial charge on any atom is -0.454 e. The molecule has 1 atom stereocenters. The average Bonchev–Trinajstić information content (AvgIpc) is 3.45. The van der Waals surface area contributed by atoms with Gasteiger partial charge in [0.2, 0.25) is 0 Å². The second kappa shape index (κ2) is 7.21. The molecular weight excluding hydrogens is 402 g/mol. The van der Waals surface area contributed by atoms with Crippen molar-refractivity contribution in [3.63, 3.8) is 0 Å². The average molecular weight is 421 g/mol. The maximum atomic E-state index is 9.72. The fourth-order valence-corrected chi connectivity index (χ4v) is 4.49. The molecule has 9 heteroatoms. The van der Waals surface area contributed by atoms with E-state index >= 15 is 0 Å². The van der Waals surface area contributed by atoms with Gasteiger partial charge in [0.05, 0.1) is 42.5 Å². The molecule has 0 radical (unpaired) electrons. The minimum absolute atomic E-state index is 0.194. The minimum atomic E-state index is -0.877. The van der Waals surface area contributed by atoms with Crippen LogP contribution in [0.1, 0.15) is 5.69 Å². The van der Waals surface area contributed by atoms with E-state index in [4.69, 9.17) is 15.3 Å². The largest absolute Gasteiger partial charge is 0.454 e. The Balaban J connectivity index is 1.65. The number of fused-ring (bicyclic) bond motifs is 2. The number of rotatable bonds is 5. The number of nitrogens with two attached hydrogens (primary N) is 1. The van der Waals surface area contributed by atoms with Crippen molar-refractivity contribution < 1.29 is 14.6 Å². The fourth-order valence-electron chi connectivity index (χ4n) is 3.57. The van der Waals surface area contributed by atoms with Gasteiger partial charge >= 0.3 is 0 Å². The lowest BCUT2D eigenvalue weighted by molar-refractivity contribution is 0.0782. The van der Waals surface area contributed by atoms with E-state index in [2.05, 4.69) is 15.1 Å². The van der Waals surface area contributed by atoms with E-state index in [1.54, 1.807) is 28.4 Å². The predicted molar refractivity (Wildman–Crippen MR) is 116 cm³/mol. The molecule has 0 saturated carbocycles. The number of hydrogen-bond acceptors (Lipinski definition) is 8. The van der Waals surface area contributed by atoms with Gasteiger partial charge in [0.1, 0.15) is 5.76 Å². The van der Waals surface area contributed by atoms with Crippen LogP contribution >= 0.6 is 11.3 Å². The quantitative estimate of drug-likeness (QED) is 0.398. The summed E-state index contributed by atoms with van der Waals surface area (Å²) in [6.45, 7) is 1.74. The highest BCUT2D eigenvalue weighted by Crippen LogP contribution is 2.40. The molecule has 1 unspecified atom stereocenters. The molecule has 30 heavy (non-hydrogen) atoms. The first-order chi connectivity index (χ1) is 14.5. The summed E-state index contributed by atoms with van der Waals surface area (Å²) in [4.78, 5) is 8.78. The van der Waals surface area contributed by atoms with Crippen molar-refractivity contribution in [3.05, 3.63) is 48.0 Å². The second-order valence-corrected chi connectivity index (χ2v) is 8.03. The first-order valence-electron chi connectivity index (χ1n) is 9.38. The topological polar surface area (TPSA) is 123 Å². The molecule has 0 amide bonds. The molecule has 0 saturated heterocycles. The van der Waals surface area contributed by atoms with Gasteiger partial charge in [0, 0.05) is 50.6 Å².